The lowest BCUT2D eigenvalue weighted by Gasteiger charge is -2.25. The van der Waals surface area contributed by atoms with Gasteiger partial charge in [0.15, 0.2) is 0 Å². The minimum Gasteiger partial charge on any atom is -0.212 e. The van der Waals surface area contributed by atoms with E-state index in [1.807, 2.05) is 0 Å². The topological polar surface area (TPSA) is 112 Å². The van der Waals surface area contributed by atoms with Crippen LogP contribution in [0, 0.1) is 0 Å². The third-order valence-electron chi connectivity index (χ3n) is 9.71. The summed E-state index contributed by atoms with van der Waals surface area (Å²) in [6, 6.07) is 2.27. The van der Waals surface area contributed by atoms with E-state index in [0.29, 0.717) is 39.3 Å². The summed E-state index contributed by atoms with van der Waals surface area (Å²) in [5.41, 5.74) is 0. The van der Waals surface area contributed by atoms with Gasteiger partial charge in [-0.15, -0.1) is 0 Å². The van der Waals surface area contributed by atoms with Crippen LogP contribution in [-0.2, 0) is 30.1 Å². The Hall–Kier alpha value is 0.381. The summed E-state index contributed by atoms with van der Waals surface area (Å²) in [5.74, 6) is 0.663. The zero-order chi connectivity index (χ0) is 38.1. The molecule has 0 radical (unpaired) electrons. The van der Waals surface area contributed by atoms with Gasteiger partial charge in [0.1, 0.15) is 0 Å². The second-order valence-corrected chi connectivity index (χ2v) is 41.7. The molecular weight excluding hydrogens is 739 g/mol. The zero-order valence-corrected chi connectivity index (χ0v) is 39.4. The first kappa shape index (κ1) is 48.4. The van der Waals surface area contributed by atoms with Crippen molar-refractivity contribution < 1.29 is 25.3 Å². The second kappa shape index (κ2) is 22.7. The van der Waals surface area contributed by atoms with E-state index >= 15 is 0 Å². The van der Waals surface area contributed by atoms with E-state index < -0.39 is 54.3 Å². The van der Waals surface area contributed by atoms with E-state index in [9.17, 15) is 25.3 Å². The maximum atomic E-state index is 13.5. The van der Waals surface area contributed by atoms with Crippen molar-refractivity contribution in [1.82, 2.24) is 12.9 Å². The van der Waals surface area contributed by atoms with Crippen LogP contribution < -0.4 is 0 Å². The predicted molar refractivity (Wildman–Crippen MR) is 225 cm³/mol. The van der Waals surface area contributed by atoms with Crippen molar-refractivity contribution in [2.45, 2.75) is 167 Å². The van der Waals surface area contributed by atoms with E-state index in [1.54, 1.807) is 12.9 Å². The molecule has 1 fully saturated rings. The molecule has 0 N–H and O–H groups in total. The van der Waals surface area contributed by atoms with Crippen molar-refractivity contribution in [3.8, 4) is 0 Å². The lowest BCUT2D eigenvalue weighted by molar-refractivity contribution is 0.370. The molecule has 0 saturated carbocycles. The van der Waals surface area contributed by atoms with Crippen molar-refractivity contribution in [1.29, 1.82) is 0 Å². The van der Waals surface area contributed by atoms with Crippen molar-refractivity contribution in [2.75, 3.05) is 56.5 Å². The smallest absolute Gasteiger partial charge is 0.212 e. The molecule has 1 aliphatic heterocycles. The Labute approximate surface area is 314 Å². The predicted octanol–water partition coefficient (Wildman–Crippen LogP) is 8.37. The highest BCUT2D eigenvalue weighted by Crippen LogP contribution is 2.20. The summed E-state index contributed by atoms with van der Waals surface area (Å²) in [6.07, 6.45) is 12.3. The van der Waals surface area contributed by atoms with Gasteiger partial charge in [0, 0.05) is 63.5 Å². The van der Waals surface area contributed by atoms with Crippen LogP contribution in [0.15, 0.2) is 0 Å². The molecule has 0 spiro atoms. The Kier molecular flexibility index (Phi) is 22.0. The molecule has 0 aromatic rings. The van der Waals surface area contributed by atoms with Gasteiger partial charge in [0.05, 0.1) is 17.3 Å². The molecule has 300 valence electrons. The third-order valence-corrected chi connectivity index (χ3v) is 21.7. The molecule has 0 atom stereocenters. The van der Waals surface area contributed by atoms with Crippen LogP contribution in [-0.4, -0.2) is 119 Å². The number of sulfonamides is 3. The van der Waals surface area contributed by atoms with Gasteiger partial charge in [-0.2, -0.15) is 0 Å². The molecule has 0 aromatic heterocycles. The van der Waals surface area contributed by atoms with Crippen LogP contribution in [0.5, 0.6) is 0 Å². The molecule has 1 saturated heterocycles. The summed E-state index contributed by atoms with van der Waals surface area (Å²) < 4.78 is 85.9. The fraction of sp³-hybridized carbons (Fsp3) is 1.00. The third kappa shape index (κ3) is 23.2. The zero-order valence-electron chi connectivity index (χ0n) is 33.9. The molecule has 1 rings (SSSR count). The van der Waals surface area contributed by atoms with Gasteiger partial charge in [0.2, 0.25) is 30.1 Å². The van der Waals surface area contributed by atoms with Crippen LogP contribution in [0.2, 0.25) is 77.1 Å². The van der Waals surface area contributed by atoms with Crippen LogP contribution >= 0.6 is 0 Å². The number of hydrogen-bond acceptors (Lipinski definition) is 6. The lowest BCUT2D eigenvalue weighted by atomic mass is 10.1. The monoisotopic (exact) mass is 817 g/mol. The van der Waals surface area contributed by atoms with E-state index in [-0.39, 0.29) is 17.3 Å². The molecule has 0 amide bonds. The molecule has 9 nitrogen and oxygen atoms in total. The van der Waals surface area contributed by atoms with E-state index in [1.165, 1.54) is 0 Å². The SMILES string of the molecule is C[Si](C)(C)CCS(=O)(=O)N1CCCCCCCN(S(=O)(=O)CC[Si](C)(C)C)CCCCCCN(S(=O)(=O)CC[Si](C)(C)C)CCCCCCC1. The van der Waals surface area contributed by atoms with Crippen molar-refractivity contribution in [3.63, 3.8) is 0 Å². The highest BCUT2D eigenvalue weighted by atomic mass is 32.2. The number of hydrogen-bond donors (Lipinski definition) is 0. The maximum Gasteiger partial charge on any atom is 0.213 e. The molecule has 1 aliphatic rings. The summed E-state index contributed by atoms with van der Waals surface area (Å²) in [6.45, 7) is 23.2. The van der Waals surface area contributed by atoms with Crippen LogP contribution in [0.3, 0.4) is 0 Å². The standard InChI is InChI=1S/C35H79N3O6S3Si3/c1-48(2,3)33-30-45(39,40)36-24-18-12-10-14-20-26-37(46(41,42)31-34-49(4,5)6)28-22-16-17-23-29-38(27-21-15-11-13-19-25-36)47(43,44)32-35-50(7,8)9/h10-35H2,1-9H3. The molecule has 15 heteroatoms. The summed E-state index contributed by atoms with van der Waals surface area (Å²) in [5, 5.41) is 0. The van der Waals surface area contributed by atoms with Gasteiger partial charge in [-0.25, -0.2) is 38.2 Å². The Bertz CT molecular complexity index is 1190. The normalized spacial score (nSPS) is 20.8. The second-order valence-electron chi connectivity index (χ2n) is 18.5. The fourth-order valence-electron chi connectivity index (χ4n) is 6.01. The van der Waals surface area contributed by atoms with Gasteiger partial charge in [-0.1, -0.05) is 110 Å². The fourth-order valence-corrected chi connectivity index (χ4v) is 19.7. The Morgan fingerprint density at radius 2 is 0.480 bits per heavy atom. The number of nitrogens with zero attached hydrogens (tertiary/aromatic N) is 3. The first-order valence-corrected chi connectivity index (χ1v) is 35.8. The lowest BCUT2D eigenvalue weighted by Crippen LogP contribution is -2.37. The largest absolute Gasteiger partial charge is 0.213 e. The van der Waals surface area contributed by atoms with Crippen LogP contribution in [0.25, 0.3) is 0 Å². The van der Waals surface area contributed by atoms with Crippen molar-refractivity contribution in [3.05, 3.63) is 0 Å². The van der Waals surface area contributed by atoms with Gasteiger partial charge in [-0.05, 0) is 56.7 Å². The minimum atomic E-state index is -3.34. The highest BCUT2D eigenvalue weighted by Gasteiger charge is 2.27. The quantitative estimate of drug-likeness (QED) is 0.183. The van der Waals surface area contributed by atoms with E-state index in [0.717, 1.165) is 108 Å². The van der Waals surface area contributed by atoms with Crippen molar-refractivity contribution >= 4 is 54.3 Å². The number of rotatable bonds is 12. The van der Waals surface area contributed by atoms with Crippen LogP contribution in [0.4, 0.5) is 0 Å². The highest BCUT2D eigenvalue weighted by molar-refractivity contribution is 7.89. The molecule has 0 aromatic carbocycles. The Morgan fingerprint density at radius 3 is 0.640 bits per heavy atom. The van der Waals surface area contributed by atoms with Gasteiger partial charge in [0.25, 0.3) is 0 Å². The first-order chi connectivity index (χ1) is 22.9. The first-order valence-electron chi connectivity index (χ1n) is 19.9. The summed E-state index contributed by atoms with van der Waals surface area (Å²) >= 11 is 0. The van der Waals surface area contributed by atoms with E-state index in [4.69, 9.17) is 0 Å². The summed E-state index contributed by atoms with van der Waals surface area (Å²) in [7, 11) is -14.5. The average molecular weight is 818 g/mol. The minimum absolute atomic E-state index is 0.217. The van der Waals surface area contributed by atoms with Crippen LogP contribution in [0.1, 0.15) is 89.9 Å². The molecule has 0 unspecified atom stereocenters. The Balaban J connectivity index is 3.07. The van der Waals surface area contributed by atoms with Gasteiger partial charge in [-0.3, -0.25) is 0 Å². The Morgan fingerprint density at radius 1 is 0.320 bits per heavy atom. The van der Waals surface area contributed by atoms with Crippen molar-refractivity contribution in [2.24, 2.45) is 0 Å². The molecule has 0 bridgehead atoms. The molecule has 50 heavy (non-hydrogen) atoms. The van der Waals surface area contributed by atoms with Gasteiger partial charge < -0.3 is 0 Å². The maximum absolute atomic E-state index is 13.5. The molecular formula is C35H79N3O6S3Si3. The van der Waals surface area contributed by atoms with E-state index in [2.05, 4.69) is 58.9 Å². The average Bonchev–Trinajstić information content (AvgIpc) is 2.97. The van der Waals surface area contributed by atoms with Gasteiger partial charge >= 0.3 is 0 Å². The molecule has 0 aliphatic carbocycles. The molecule has 1 heterocycles. The summed E-state index contributed by atoms with van der Waals surface area (Å²) in [4.78, 5) is 0.